The van der Waals surface area contributed by atoms with Crippen LogP contribution in [0.3, 0.4) is 0 Å². The summed E-state index contributed by atoms with van der Waals surface area (Å²) in [5, 5.41) is 6.99. The molecule has 0 atom stereocenters. The number of amides is 2. The Hall–Kier alpha value is -3.42. The van der Waals surface area contributed by atoms with Gasteiger partial charge in [0.2, 0.25) is 0 Å². The summed E-state index contributed by atoms with van der Waals surface area (Å²) in [5.41, 5.74) is 7.58. The Balaban J connectivity index is 1.59. The van der Waals surface area contributed by atoms with Crippen LogP contribution in [-0.4, -0.2) is 21.6 Å². The van der Waals surface area contributed by atoms with Crippen molar-refractivity contribution in [1.82, 2.24) is 20.6 Å². The van der Waals surface area contributed by atoms with Crippen molar-refractivity contribution in [3.8, 4) is 11.3 Å². The fourth-order valence-electron chi connectivity index (χ4n) is 2.91. The summed E-state index contributed by atoms with van der Waals surface area (Å²) in [4.78, 5) is 25.5. The first-order valence-electron chi connectivity index (χ1n) is 9.11. The molecule has 0 aliphatic rings. The molecule has 0 bridgehead atoms. The summed E-state index contributed by atoms with van der Waals surface area (Å²) in [7, 11) is 0. The third-order valence-corrected chi connectivity index (χ3v) is 5.47. The van der Waals surface area contributed by atoms with Crippen molar-refractivity contribution in [2.75, 3.05) is 0 Å². The van der Waals surface area contributed by atoms with Gasteiger partial charge in [-0.25, -0.2) is 0 Å². The number of aromatic nitrogens is 2. The Labute approximate surface area is 182 Å². The molecule has 0 aliphatic heterocycles. The molecule has 0 radical (unpaired) electrons. The van der Waals surface area contributed by atoms with E-state index in [-0.39, 0.29) is 5.91 Å². The second-order valence-electron chi connectivity index (χ2n) is 6.47. The van der Waals surface area contributed by atoms with E-state index >= 15 is 0 Å². The predicted molar refractivity (Wildman–Crippen MR) is 117 cm³/mol. The molecular weight excluding hydrogens is 420 g/mol. The monoisotopic (exact) mass is 436 g/mol. The van der Waals surface area contributed by atoms with Gasteiger partial charge in [0.1, 0.15) is 5.69 Å². The Kier molecular flexibility index (Phi) is 5.92. The van der Waals surface area contributed by atoms with Gasteiger partial charge in [-0.3, -0.25) is 25.1 Å². The molecule has 6 nitrogen and oxygen atoms in total. The second-order valence-corrected chi connectivity index (χ2v) is 7.85. The molecule has 2 aromatic carbocycles. The van der Waals surface area contributed by atoms with Crippen LogP contribution in [0, 0.1) is 0 Å². The zero-order chi connectivity index (χ0) is 20.9. The summed E-state index contributed by atoms with van der Waals surface area (Å²) in [6.07, 6.45) is 1.67. The molecule has 0 saturated heterocycles. The van der Waals surface area contributed by atoms with Crippen LogP contribution in [0.2, 0.25) is 5.02 Å². The first-order chi connectivity index (χ1) is 14.6. The first-order valence-corrected chi connectivity index (χ1v) is 10.4. The lowest BCUT2D eigenvalue weighted by Crippen LogP contribution is -2.41. The number of hydrazine groups is 1. The van der Waals surface area contributed by atoms with Gasteiger partial charge < -0.3 is 0 Å². The minimum Gasteiger partial charge on any atom is -0.267 e. The van der Waals surface area contributed by atoms with Gasteiger partial charge in [0.25, 0.3) is 11.8 Å². The van der Waals surface area contributed by atoms with Crippen LogP contribution < -0.4 is 10.9 Å². The third-order valence-electron chi connectivity index (χ3n) is 4.35. The Morgan fingerprint density at radius 1 is 0.933 bits per heavy atom. The molecule has 2 heterocycles. The van der Waals surface area contributed by atoms with E-state index < -0.39 is 5.91 Å². The van der Waals surface area contributed by atoms with E-state index in [1.165, 1.54) is 11.3 Å². The van der Waals surface area contributed by atoms with E-state index in [1.54, 1.807) is 52.7 Å². The van der Waals surface area contributed by atoms with Gasteiger partial charge in [0.15, 0.2) is 0 Å². The third kappa shape index (κ3) is 4.59. The molecule has 4 aromatic rings. The van der Waals surface area contributed by atoms with Gasteiger partial charge in [0, 0.05) is 16.8 Å². The molecule has 0 unspecified atom stereocenters. The van der Waals surface area contributed by atoms with Crippen LogP contribution in [0.5, 0.6) is 0 Å². The number of carbonyl (C=O) groups is 2. The lowest BCUT2D eigenvalue weighted by atomic mass is 10.1. The lowest BCUT2D eigenvalue weighted by Gasteiger charge is -2.06. The molecule has 4 rings (SSSR count). The quantitative estimate of drug-likeness (QED) is 0.455. The maximum Gasteiger partial charge on any atom is 0.279 e. The highest BCUT2D eigenvalue weighted by Crippen LogP contribution is 2.24. The fourth-order valence-corrected chi connectivity index (χ4v) is 3.66. The minimum atomic E-state index is -0.454. The normalized spacial score (nSPS) is 10.6. The maximum absolute atomic E-state index is 12.8. The van der Waals surface area contributed by atoms with Crippen LogP contribution >= 0.6 is 22.9 Å². The summed E-state index contributed by atoms with van der Waals surface area (Å²) in [6.45, 7) is 0.510. The molecule has 0 saturated carbocycles. The van der Waals surface area contributed by atoms with Gasteiger partial charge in [0.05, 0.1) is 17.0 Å². The van der Waals surface area contributed by atoms with Crippen molar-refractivity contribution in [3.05, 3.63) is 99.3 Å². The molecule has 0 spiro atoms. The Bertz CT molecular complexity index is 1160. The number of benzene rings is 2. The number of nitrogens with one attached hydrogen (secondary N) is 2. The summed E-state index contributed by atoms with van der Waals surface area (Å²) < 4.78 is 1.70. The van der Waals surface area contributed by atoms with Crippen LogP contribution in [0.1, 0.15) is 25.6 Å². The fraction of sp³-hybridized carbons (Fsp3) is 0.0455. The standard InChI is InChI=1S/C22H17ClN4O2S/c23-17-10-8-16(9-11-17)20-18(14-27(26-20)13-15-5-2-1-3-6-15)21(28)24-25-22(29)19-7-4-12-30-19/h1-12,14H,13H2,(H,24,28)(H,25,29). The molecule has 8 heteroatoms. The largest absolute Gasteiger partial charge is 0.279 e. The van der Waals surface area contributed by atoms with E-state index in [2.05, 4.69) is 16.0 Å². The number of carbonyl (C=O) groups excluding carboxylic acids is 2. The Morgan fingerprint density at radius 3 is 2.37 bits per heavy atom. The van der Waals surface area contributed by atoms with Crippen LogP contribution in [-0.2, 0) is 6.54 Å². The highest BCUT2D eigenvalue weighted by Gasteiger charge is 2.19. The van der Waals surface area contributed by atoms with Gasteiger partial charge >= 0.3 is 0 Å². The van der Waals surface area contributed by atoms with E-state index in [4.69, 9.17) is 11.6 Å². The highest BCUT2D eigenvalue weighted by atomic mass is 35.5. The van der Waals surface area contributed by atoms with Crippen molar-refractivity contribution in [2.45, 2.75) is 6.54 Å². The summed E-state index contributed by atoms with van der Waals surface area (Å²) >= 11 is 7.29. The number of rotatable bonds is 5. The summed E-state index contributed by atoms with van der Waals surface area (Å²) in [5.74, 6) is -0.827. The number of thiophene rings is 1. The van der Waals surface area contributed by atoms with Crippen LogP contribution in [0.4, 0.5) is 0 Å². The van der Waals surface area contributed by atoms with Crippen molar-refractivity contribution in [2.24, 2.45) is 0 Å². The SMILES string of the molecule is O=C(NNC(=O)c1cn(Cc2ccccc2)nc1-c1ccc(Cl)cc1)c1cccs1. The molecule has 2 N–H and O–H groups in total. The topological polar surface area (TPSA) is 76.0 Å². The molecule has 2 amide bonds. The van der Waals surface area contributed by atoms with Crippen molar-refractivity contribution >= 4 is 34.8 Å². The second kappa shape index (κ2) is 8.94. The molecule has 30 heavy (non-hydrogen) atoms. The molecule has 0 aliphatic carbocycles. The molecule has 0 fully saturated rings. The van der Waals surface area contributed by atoms with Crippen molar-refractivity contribution in [3.63, 3.8) is 0 Å². The van der Waals surface area contributed by atoms with Crippen molar-refractivity contribution < 1.29 is 9.59 Å². The van der Waals surface area contributed by atoms with Crippen LogP contribution in [0.25, 0.3) is 11.3 Å². The van der Waals surface area contributed by atoms with E-state index in [0.717, 1.165) is 11.1 Å². The number of hydrogen-bond donors (Lipinski definition) is 2. The molecule has 150 valence electrons. The van der Waals surface area contributed by atoms with E-state index in [1.807, 2.05) is 30.3 Å². The zero-order valence-electron chi connectivity index (χ0n) is 15.7. The zero-order valence-corrected chi connectivity index (χ0v) is 17.3. The van der Waals surface area contributed by atoms with Crippen molar-refractivity contribution in [1.29, 1.82) is 0 Å². The number of hydrogen-bond acceptors (Lipinski definition) is 4. The first kappa shape index (κ1) is 19.9. The van der Waals surface area contributed by atoms with E-state index in [9.17, 15) is 9.59 Å². The number of nitrogens with zero attached hydrogens (tertiary/aromatic N) is 2. The van der Waals surface area contributed by atoms with Crippen LogP contribution in [0.15, 0.2) is 78.3 Å². The Morgan fingerprint density at radius 2 is 1.67 bits per heavy atom. The van der Waals surface area contributed by atoms with Gasteiger partial charge in [-0.1, -0.05) is 60.1 Å². The van der Waals surface area contributed by atoms with Gasteiger partial charge in [-0.05, 0) is 29.1 Å². The number of halogens is 1. The molecular formula is C22H17ClN4O2S. The van der Waals surface area contributed by atoms with E-state index in [0.29, 0.717) is 27.7 Å². The maximum atomic E-state index is 12.8. The van der Waals surface area contributed by atoms with Gasteiger partial charge in [-0.15, -0.1) is 11.3 Å². The summed E-state index contributed by atoms with van der Waals surface area (Å²) in [6, 6.07) is 20.4. The predicted octanol–water partition coefficient (Wildman–Crippen LogP) is 4.39. The molecule has 2 aromatic heterocycles. The smallest absolute Gasteiger partial charge is 0.267 e. The van der Waals surface area contributed by atoms with Gasteiger partial charge in [-0.2, -0.15) is 5.10 Å². The average Bonchev–Trinajstić information content (AvgIpc) is 3.44. The minimum absolute atomic E-state index is 0.347. The average molecular weight is 437 g/mol. The lowest BCUT2D eigenvalue weighted by molar-refractivity contribution is 0.0849. The highest BCUT2D eigenvalue weighted by molar-refractivity contribution is 7.12.